The molecule has 31 heavy (non-hydrogen) atoms. The Bertz CT molecular complexity index is 905. The molecule has 0 N–H and O–H groups in total. The lowest BCUT2D eigenvalue weighted by molar-refractivity contribution is -0.137. The highest BCUT2D eigenvalue weighted by atomic mass is 19.4. The molecule has 3 rings (SSSR count). The summed E-state index contributed by atoms with van der Waals surface area (Å²) < 4.78 is 67.1. The summed E-state index contributed by atoms with van der Waals surface area (Å²) in [4.78, 5) is 16.2. The van der Waals surface area contributed by atoms with E-state index in [0.717, 1.165) is 6.07 Å². The van der Waals surface area contributed by atoms with Crippen LogP contribution in [0.5, 0.6) is 5.75 Å². The molecular formula is C22H21F5N2O2. The molecule has 1 aliphatic heterocycles. The molecule has 0 spiro atoms. The summed E-state index contributed by atoms with van der Waals surface area (Å²) in [5.74, 6) is -0.289. The largest absolute Gasteiger partial charge is 0.435 e. The number of ether oxygens (including phenoxy) is 1. The van der Waals surface area contributed by atoms with Gasteiger partial charge in [-0.2, -0.15) is 22.0 Å². The fourth-order valence-corrected chi connectivity index (χ4v) is 3.24. The van der Waals surface area contributed by atoms with Crippen LogP contribution in [0.3, 0.4) is 0 Å². The summed E-state index contributed by atoms with van der Waals surface area (Å²) in [7, 11) is 0. The Balaban J connectivity index is 1.48. The first kappa shape index (κ1) is 22.7. The highest BCUT2D eigenvalue weighted by Crippen LogP contribution is 2.29. The Morgan fingerprint density at radius 1 is 1.03 bits per heavy atom. The third-order valence-corrected chi connectivity index (χ3v) is 4.87. The first-order valence-corrected chi connectivity index (χ1v) is 9.60. The van der Waals surface area contributed by atoms with Gasteiger partial charge in [0.25, 0.3) is 0 Å². The smallest absolute Gasteiger partial charge is 0.416 e. The first-order chi connectivity index (χ1) is 14.7. The van der Waals surface area contributed by atoms with E-state index in [0.29, 0.717) is 43.9 Å². The number of ketones is 1. The van der Waals surface area contributed by atoms with E-state index in [1.54, 1.807) is 12.3 Å². The van der Waals surface area contributed by atoms with Crippen LogP contribution in [0.2, 0.25) is 0 Å². The molecule has 0 atom stereocenters. The molecule has 1 fully saturated rings. The van der Waals surface area contributed by atoms with Gasteiger partial charge in [-0.15, -0.1) is 0 Å². The predicted molar refractivity (Wildman–Crippen MR) is 105 cm³/mol. The zero-order valence-corrected chi connectivity index (χ0v) is 16.5. The van der Waals surface area contributed by atoms with Gasteiger partial charge in [0.1, 0.15) is 5.75 Å². The molecule has 2 aromatic rings. The minimum absolute atomic E-state index is 0.0209. The lowest BCUT2D eigenvalue weighted by atomic mass is 10.1. The van der Waals surface area contributed by atoms with Crippen LogP contribution in [-0.4, -0.2) is 48.4 Å². The topological polar surface area (TPSA) is 32.8 Å². The van der Waals surface area contributed by atoms with E-state index < -0.39 is 18.4 Å². The molecule has 0 bridgehead atoms. The molecule has 9 heteroatoms. The summed E-state index contributed by atoms with van der Waals surface area (Å²) in [6, 6.07) is 10.8. The third-order valence-electron chi connectivity index (χ3n) is 4.87. The minimum Gasteiger partial charge on any atom is -0.435 e. The third kappa shape index (κ3) is 6.78. The maximum absolute atomic E-state index is 12.8. The van der Waals surface area contributed by atoms with Crippen LogP contribution in [0.15, 0.2) is 60.8 Å². The number of hydrogen-bond donors (Lipinski definition) is 0. The van der Waals surface area contributed by atoms with E-state index in [4.69, 9.17) is 0 Å². The Morgan fingerprint density at radius 2 is 1.71 bits per heavy atom. The van der Waals surface area contributed by atoms with E-state index in [9.17, 15) is 26.7 Å². The van der Waals surface area contributed by atoms with Crippen LogP contribution in [-0.2, 0) is 12.7 Å². The van der Waals surface area contributed by atoms with Crippen LogP contribution >= 0.6 is 0 Å². The highest BCUT2D eigenvalue weighted by Gasteiger charge is 2.30. The monoisotopic (exact) mass is 440 g/mol. The molecule has 0 unspecified atom stereocenters. The van der Waals surface area contributed by atoms with Gasteiger partial charge in [-0.3, -0.25) is 9.69 Å². The standard InChI is InChI=1S/C22H21F5N2O2/c23-21(24)31-19-6-4-17(5-7-19)20(30)8-9-28-10-12-29(13-11-28)15-16-2-1-3-18(14-16)22(25,26)27/h1-9,14,21H,10-13,15H2/b9-8+. The van der Waals surface area contributed by atoms with Crippen molar-refractivity contribution < 1.29 is 31.5 Å². The second-order valence-electron chi connectivity index (χ2n) is 7.09. The van der Waals surface area contributed by atoms with Crippen molar-refractivity contribution in [2.45, 2.75) is 19.3 Å². The summed E-state index contributed by atoms with van der Waals surface area (Å²) in [6.07, 6.45) is -1.28. The Morgan fingerprint density at radius 3 is 2.32 bits per heavy atom. The van der Waals surface area contributed by atoms with Crippen molar-refractivity contribution >= 4 is 5.78 Å². The SMILES string of the molecule is O=C(/C=C/N1CCN(Cc2cccc(C(F)(F)F)c2)CC1)c1ccc(OC(F)F)cc1. The van der Waals surface area contributed by atoms with Crippen LogP contribution in [0.1, 0.15) is 21.5 Å². The summed E-state index contributed by atoms with van der Waals surface area (Å²) in [5, 5.41) is 0. The van der Waals surface area contributed by atoms with Crippen molar-refractivity contribution in [1.29, 1.82) is 0 Å². The van der Waals surface area contributed by atoms with E-state index >= 15 is 0 Å². The van der Waals surface area contributed by atoms with Gasteiger partial charge in [0, 0.05) is 50.6 Å². The predicted octanol–water partition coefficient (Wildman–Crippen LogP) is 4.82. The van der Waals surface area contributed by atoms with Crippen molar-refractivity contribution in [3.63, 3.8) is 0 Å². The van der Waals surface area contributed by atoms with Crippen LogP contribution < -0.4 is 4.74 Å². The minimum atomic E-state index is -4.36. The Labute approximate surface area is 176 Å². The van der Waals surface area contributed by atoms with Crippen molar-refractivity contribution in [3.8, 4) is 5.75 Å². The number of carbonyl (C=O) groups is 1. The van der Waals surface area contributed by atoms with Gasteiger partial charge in [-0.05, 0) is 35.9 Å². The van der Waals surface area contributed by atoms with Crippen molar-refractivity contribution in [2.75, 3.05) is 26.2 Å². The Kier molecular flexibility index (Phi) is 7.27. The van der Waals surface area contributed by atoms with Crippen molar-refractivity contribution in [1.82, 2.24) is 9.80 Å². The molecule has 1 heterocycles. The van der Waals surface area contributed by atoms with Crippen LogP contribution in [0, 0.1) is 0 Å². The zero-order chi connectivity index (χ0) is 22.4. The van der Waals surface area contributed by atoms with Gasteiger partial charge < -0.3 is 9.64 Å². The summed E-state index contributed by atoms with van der Waals surface area (Å²) in [5.41, 5.74) is 0.299. The summed E-state index contributed by atoms with van der Waals surface area (Å²) >= 11 is 0. The first-order valence-electron chi connectivity index (χ1n) is 9.60. The average Bonchev–Trinajstić information content (AvgIpc) is 2.73. The molecule has 1 aliphatic rings. The van der Waals surface area contributed by atoms with Crippen molar-refractivity contribution in [3.05, 3.63) is 77.5 Å². The van der Waals surface area contributed by atoms with Crippen LogP contribution in [0.4, 0.5) is 22.0 Å². The zero-order valence-electron chi connectivity index (χ0n) is 16.5. The second kappa shape index (κ2) is 9.91. The molecule has 166 valence electrons. The molecule has 0 radical (unpaired) electrons. The van der Waals surface area contributed by atoms with E-state index in [1.807, 2.05) is 4.90 Å². The number of hydrogen-bond acceptors (Lipinski definition) is 4. The molecule has 0 aliphatic carbocycles. The lowest BCUT2D eigenvalue weighted by Gasteiger charge is -2.34. The van der Waals surface area contributed by atoms with Gasteiger partial charge in [-0.1, -0.05) is 18.2 Å². The second-order valence-corrected chi connectivity index (χ2v) is 7.09. The fraction of sp³-hybridized carbons (Fsp3) is 0.318. The van der Waals surface area contributed by atoms with Gasteiger partial charge in [0.2, 0.25) is 0 Å². The summed E-state index contributed by atoms with van der Waals surface area (Å²) in [6.45, 7) is 0.0538. The normalized spacial score (nSPS) is 15.6. The molecule has 0 saturated carbocycles. The number of carbonyl (C=O) groups excluding carboxylic acids is 1. The Hall–Kier alpha value is -2.94. The maximum Gasteiger partial charge on any atom is 0.416 e. The van der Waals surface area contributed by atoms with E-state index in [-0.39, 0.29) is 11.5 Å². The number of halogens is 5. The molecule has 0 amide bonds. The number of benzene rings is 2. The molecular weight excluding hydrogens is 419 g/mol. The number of allylic oxidation sites excluding steroid dienone is 1. The van der Waals surface area contributed by atoms with E-state index in [2.05, 4.69) is 9.64 Å². The van der Waals surface area contributed by atoms with Gasteiger partial charge in [0.05, 0.1) is 5.56 Å². The average molecular weight is 440 g/mol. The number of alkyl halides is 5. The highest BCUT2D eigenvalue weighted by molar-refractivity contribution is 6.04. The van der Waals surface area contributed by atoms with Crippen molar-refractivity contribution in [2.24, 2.45) is 0 Å². The van der Waals surface area contributed by atoms with Gasteiger partial charge >= 0.3 is 12.8 Å². The molecule has 4 nitrogen and oxygen atoms in total. The van der Waals surface area contributed by atoms with Crippen LogP contribution in [0.25, 0.3) is 0 Å². The number of rotatable bonds is 7. The van der Waals surface area contributed by atoms with E-state index in [1.165, 1.54) is 42.5 Å². The molecule has 0 aromatic heterocycles. The van der Waals surface area contributed by atoms with Gasteiger partial charge in [-0.25, -0.2) is 0 Å². The number of piperazine rings is 1. The van der Waals surface area contributed by atoms with Gasteiger partial charge in [0.15, 0.2) is 5.78 Å². The maximum atomic E-state index is 12.8. The molecule has 2 aromatic carbocycles. The number of nitrogens with zero attached hydrogens (tertiary/aromatic N) is 2. The molecule has 1 saturated heterocycles. The fourth-order valence-electron chi connectivity index (χ4n) is 3.24. The lowest BCUT2D eigenvalue weighted by Crippen LogP contribution is -2.43. The quantitative estimate of drug-likeness (QED) is 0.351.